The van der Waals surface area contributed by atoms with Crippen molar-refractivity contribution >= 4 is 15.9 Å². The van der Waals surface area contributed by atoms with Crippen LogP contribution in [0, 0.1) is 5.82 Å². The first-order valence-corrected chi connectivity index (χ1v) is 7.20. The molecule has 2 N–H and O–H groups in total. The first-order valence-electron chi connectivity index (χ1n) is 6.40. The van der Waals surface area contributed by atoms with Crippen molar-refractivity contribution in [2.75, 3.05) is 6.61 Å². The predicted molar refractivity (Wildman–Crippen MR) is 81.8 cm³/mol. The van der Waals surface area contributed by atoms with E-state index in [2.05, 4.69) is 21.2 Å². The number of hydrogen-bond donors (Lipinski definition) is 2. The van der Waals surface area contributed by atoms with Crippen LogP contribution < -0.4 is 5.32 Å². The molecule has 0 amide bonds. The number of benzene rings is 2. The molecular formula is C16H17BrFNO. The second-order valence-corrected chi connectivity index (χ2v) is 5.86. The van der Waals surface area contributed by atoms with Crippen molar-refractivity contribution in [1.82, 2.24) is 5.32 Å². The molecule has 4 heteroatoms. The molecule has 1 atom stereocenters. The fourth-order valence-electron chi connectivity index (χ4n) is 2.02. The van der Waals surface area contributed by atoms with Gasteiger partial charge in [0.05, 0.1) is 12.1 Å². The lowest BCUT2D eigenvalue weighted by molar-refractivity contribution is 0.173. The Labute approximate surface area is 126 Å². The largest absolute Gasteiger partial charge is 0.394 e. The Morgan fingerprint density at radius 3 is 2.55 bits per heavy atom. The number of halogens is 2. The molecule has 0 fully saturated rings. The van der Waals surface area contributed by atoms with Crippen LogP contribution >= 0.6 is 15.9 Å². The first-order chi connectivity index (χ1) is 9.55. The maximum Gasteiger partial charge on any atom is 0.127 e. The fraction of sp³-hybridized carbons (Fsp3) is 0.250. The van der Waals surface area contributed by atoms with Crippen LogP contribution in [0.5, 0.6) is 0 Å². The van der Waals surface area contributed by atoms with Gasteiger partial charge in [-0.2, -0.15) is 0 Å². The van der Waals surface area contributed by atoms with Crippen molar-refractivity contribution in [3.63, 3.8) is 0 Å². The van der Waals surface area contributed by atoms with Gasteiger partial charge in [-0.1, -0.05) is 46.3 Å². The van der Waals surface area contributed by atoms with Crippen LogP contribution in [0.15, 0.2) is 53.0 Å². The van der Waals surface area contributed by atoms with Crippen LogP contribution in [0.1, 0.15) is 18.1 Å². The summed E-state index contributed by atoms with van der Waals surface area (Å²) in [6.45, 7) is 2.18. The van der Waals surface area contributed by atoms with E-state index in [1.54, 1.807) is 12.1 Å². The van der Waals surface area contributed by atoms with E-state index in [1.165, 1.54) is 6.07 Å². The van der Waals surface area contributed by atoms with E-state index in [0.717, 1.165) is 10.0 Å². The van der Waals surface area contributed by atoms with Crippen molar-refractivity contribution in [2.24, 2.45) is 0 Å². The predicted octanol–water partition coefficient (Wildman–Crippen LogP) is 3.59. The fourth-order valence-corrected chi connectivity index (χ4v) is 2.43. The van der Waals surface area contributed by atoms with E-state index in [1.807, 2.05) is 37.3 Å². The highest BCUT2D eigenvalue weighted by molar-refractivity contribution is 9.10. The number of hydrogen-bond acceptors (Lipinski definition) is 2. The lowest BCUT2D eigenvalue weighted by atomic mass is 9.92. The molecule has 20 heavy (non-hydrogen) atoms. The summed E-state index contributed by atoms with van der Waals surface area (Å²) < 4.78 is 14.6. The molecule has 106 valence electrons. The molecule has 0 bridgehead atoms. The topological polar surface area (TPSA) is 32.3 Å². The van der Waals surface area contributed by atoms with Crippen LogP contribution in [0.4, 0.5) is 4.39 Å². The van der Waals surface area contributed by atoms with Gasteiger partial charge >= 0.3 is 0 Å². The molecule has 1 unspecified atom stereocenters. The Hall–Kier alpha value is -1.23. The van der Waals surface area contributed by atoms with E-state index < -0.39 is 5.54 Å². The third-order valence-corrected chi connectivity index (χ3v) is 3.90. The molecule has 2 rings (SSSR count). The Balaban J connectivity index is 2.17. The van der Waals surface area contributed by atoms with Gasteiger partial charge in [0.15, 0.2) is 0 Å². The molecular weight excluding hydrogens is 321 g/mol. The summed E-state index contributed by atoms with van der Waals surface area (Å²) in [6.07, 6.45) is 0. The Morgan fingerprint density at radius 1 is 1.20 bits per heavy atom. The molecule has 0 saturated carbocycles. The zero-order valence-electron chi connectivity index (χ0n) is 11.2. The third-order valence-electron chi connectivity index (χ3n) is 3.40. The molecule has 0 spiro atoms. The zero-order chi connectivity index (χ0) is 14.6. The monoisotopic (exact) mass is 337 g/mol. The van der Waals surface area contributed by atoms with Gasteiger partial charge in [0.25, 0.3) is 0 Å². The van der Waals surface area contributed by atoms with Crippen LogP contribution in [0.2, 0.25) is 0 Å². The smallest absolute Gasteiger partial charge is 0.127 e. The van der Waals surface area contributed by atoms with Gasteiger partial charge < -0.3 is 10.4 Å². The second-order valence-electron chi connectivity index (χ2n) is 4.95. The summed E-state index contributed by atoms with van der Waals surface area (Å²) in [5, 5.41) is 12.9. The van der Waals surface area contributed by atoms with Gasteiger partial charge in [-0.05, 0) is 30.7 Å². The molecule has 0 aliphatic heterocycles. The third kappa shape index (κ3) is 3.45. The highest BCUT2D eigenvalue weighted by atomic mass is 79.9. The summed E-state index contributed by atoms with van der Waals surface area (Å²) >= 11 is 3.33. The molecule has 0 aromatic heterocycles. The minimum absolute atomic E-state index is 0.0629. The highest BCUT2D eigenvalue weighted by Gasteiger charge is 2.25. The number of aliphatic hydroxyl groups is 1. The van der Waals surface area contributed by atoms with Gasteiger partial charge in [0.2, 0.25) is 0 Å². The average molecular weight is 338 g/mol. The van der Waals surface area contributed by atoms with E-state index in [0.29, 0.717) is 12.1 Å². The van der Waals surface area contributed by atoms with Crippen molar-refractivity contribution in [2.45, 2.75) is 19.0 Å². The minimum Gasteiger partial charge on any atom is -0.394 e. The summed E-state index contributed by atoms with van der Waals surface area (Å²) in [6, 6.07) is 14.5. The lowest BCUT2D eigenvalue weighted by Gasteiger charge is -2.29. The van der Waals surface area contributed by atoms with Crippen molar-refractivity contribution in [1.29, 1.82) is 0 Å². The number of nitrogens with one attached hydrogen (secondary N) is 1. The van der Waals surface area contributed by atoms with Crippen molar-refractivity contribution < 1.29 is 9.50 Å². The van der Waals surface area contributed by atoms with Gasteiger partial charge in [0, 0.05) is 16.6 Å². The lowest BCUT2D eigenvalue weighted by Crippen LogP contribution is -2.42. The molecule has 0 heterocycles. The van der Waals surface area contributed by atoms with Gasteiger partial charge in [-0.3, -0.25) is 0 Å². The molecule has 2 nitrogen and oxygen atoms in total. The Kier molecular flexibility index (Phi) is 4.91. The first kappa shape index (κ1) is 15.2. The SMILES string of the molecule is CC(CO)(NCc1cc(Br)ccc1F)c1ccccc1. The maximum absolute atomic E-state index is 13.7. The van der Waals surface area contributed by atoms with Crippen molar-refractivity contribution in [3.8, 4) is 0 Å². The molecule has 0 aliphatic rings. The molecule has 0 radical (unpaired) electrons. The van der Waals surface area contributed by atoms with Gasteiger partial charge in [-0.25, -0.2) is 4.39 Å². The summed E-state index contributed by atoms with van der Waals surface area (Å²) in [5.74, 6) is -0.256. The van der Waals surface area contributed by atoms with E-state index >= 15 is 0 Å². The highest BCUT2D eigenvalue weighted by Crippen LogP contribution is 2.22. The van der Waals surface area contributed by atoms with Crippen LogP contribution in [0.3, 0.4) is 0 Å². The maximum atomic E-state index is 13.7. The van der Waals surface area contributed by atoms with Crippen LogP contribution in [0.25, 0.3) is 0 Å². The van der Waals surface area contributed by atoms with Gasteiger partial charge in [-0.15, -0.1) is 0 Å². The van der Waals surface area contributed by atoms with Crippen LogP contribution in [-0.2, 0) is 12.1 Å². The zero-order valence-corrected chi connectivity index (χ0v) is 12.8. The van der Waals surface area contributed by atoms with E-state index in [-0.39, 0.29) is 12.4 Å². The van der Waals surface area contributed by atoms with E-state index in [4.69, 9.17) is 0 Å². The van der Waals surface area contributed by atoms with Crippen LogP contribution in [-0.4, -0.2) is 11.7 Å². The summed E-state index contributed by atoms with van der Waals surface area (Å²) in [5.41, 5.74) is 0.934. The molecule has 0 aliphatic carbocycles. The summed E-state index contributed by atoms with van der Waals surface area (Å²) in [4.78, 5) is 0. The van der Waals surface area contributed by atoms with Gasteiger partial charge in [0.1, 0.15) is 5.82 Å². The van der Waals surface area contributed by atoms with Crippen molar-refractivity contribution in [3.05, 3.63) is 69.9 Å². The standard InChI is InChI=1S/C16H17BrFNO/c1-16(11-20,13-5-3-2-4-6-13)19-10-12-9-14(17)7-8-15(12)18/h2-9,19-20H,10-11H2,1H3. The summed E-state index contributed by atoms with van der Waals surface area (Å²) in [7, 11) is 0. The Bertz CT molecular complexity index is 576. The number of rotatable bonds is 5. The normalized spacial score (nSPS) is 14.0. The van der Waals surface area contributed by atoms with E-state index in [9.17, 15) is 9.50 Å². The quantitative estimate of drug-likeness (QED) is 0.873. The molecule has 0 saturated heterocycles. The minimum atomic E-state index is -0.601. The Morgan fingerprint density at radius 2 is 1.90 bits per heavy atom. The average Bonchev–Trinajstić information content (AvgIpc) is 2.49. The molecule has 2 aromatic rings. The second kappa shape index (κ2) is 6.48. The molecule has 2 aromatic carbocycles. The number of aliphatic hydroxyl groups excluding tert-OH is 1.